The van der Waals surface area contributed by atoms with Crippen molar-refractivity contribution in [3.63, 3.8) is 0 Å². The van der Waals surface area contributed by atoms with Gasteiger partial charge in [0.15, 0.2) is 11.5 Å². The van der Waals surface area contributed by atoms with E-state index in [1.807, 2.05) is 17.0 Å². The van der Waals surface area contributed by atoms with Crippen LogP contribution < -0.4 is 14.8 Å². The summed E-state index contributed by atoms with van der Waals surface area (Å²) in [5.74, 6) is 0.756. The number of rotatable bonds is 8. The molecular weight excluding hydrogens is 420 g/mol. The number of amides is 1. The SMILES string of the molecule is CCOC(=O)C[C@@H]1c2cc(OC)c(OC)cc2CCN1CC(=O)Nc1ccc(Cl)cc1. The van der Waals surface area contributed by atoms with E-state index in [0.717, 1.165) is 17.5 Å². The van der Waals surface area contributed by atoms with Gasteiger partial charge in [-0.3, -0.25) is 14.5 Å². The van der Waals surface area contributed by atoms with Crippen molar-refractivity contribution in [3.8, 4) is 11.5 Å². The summed E-state index contributed by atoms with van der Waals surface area (Å²) >= 11 is 5.91. The normalized spacial score (nSPS) is 15.7. The highest BCUT2D eigenvalue weighted by Gasteiger charge is 2.32. The molecule has 2 aromatic rings. The zero-order valence-corrected chi connectivity index (χ0v) is 18.7. The largest absolute Gasteiger partial charge is 0.493 e. The molecule has 3 rings (SSSR count). The third-order valence-electron chi connectivity index (χ3n) is 5.25. The van der Waals surface area contributed by atoms with Crippen molar-refractivity contribution in [1.82, 2.24) is 4.90 Å². The van der Waals surface area contributed by atoms with Gasteiger partial charge >= 0.3 is 5.97 Å². The fraction of sp³-hybridized carbons (Fsp3) is 0.391. The van der Waals surface area contributed by atoms with Crippen LogP contribution in [0.25, 0.3) is 0 Å². The van der Waals surface area contributed by atoms with Crippen molar-refractivity contribution >= 4 is 29.2 Å². The van der Waals surface area contributed by atoms with Crippen molar-refractivity contribution < 1.29 is 23.8 Å². The molecule has 0 radical (unpaired) electrons. The highest BCUT2D eigenvalue weighted by atomic mass is 35.5. The van der Waals surface area contributed by atoms with Crippen LogP contribution in [0.1, 0.15) is 30.5 Å². The van der Waals surface area contributed by atoms with E-state index in [2.05, 4.69) is 5.32 Å². The number of nitrogens with zero attached hydrogens (tertiary/aromatic N) is 1. The van der Waals surface area contributed by atoms with Crippen molar-refractivity contribution in [2.45, 2.75) is 25.8 Å². The number of hydrogen-bond donors (Lipinski definition) is 1. The molecule has 1 aliphatic rings. The lowest BCUT2D eigenvalue weighted by molar-refractivity contribution is -0.145. The van der Waals surface area contributed by atoms with Gasteiger partial charge in [0, 0.05) is 23.3 Å². The van der Waals surface area contributed by atoms with E-state index in [-0.39, 0.29) is 30.9 Å². The van der Waals surface area contributed by atoms with Crippen LogP contribution >= 0.6 is 11.6 Å². The van der Waals surface area contributed by atoms with Crippen molar-refractivity contribution in [3.05, 3.63) is 52.5 Å². The monoisotopic (exact) mass is 446 g/mol. The summed E-state index contributed by atoms with van der Waals surface area (Å²) < 4.78 is 16.1. The fourth-order valence-corrected chi connectivity index (χ4v) is 3.93. The van der Waals surface area contributed by atoms with Gasteiger partial charge in [-0.05, 0) is 60.9 Å². The first-order chi connectivity index (χ1) is 14.9. The fourth-order valence-electron chi connectivity index (χ4n) is 3.80. The molecule has 2 aromatic carbocycles. The van der Waals surface area contributed by atoms with Gasteiger partial charge in [0.05, 0.1) is 33.8 Å². The maximum atomic E-state index is 12.7. The minimum Gasteiger partial charge on any atom is -0.493 e. The van der Waals surface area contributed by atoms with E-state index in [1.54, 1.807) is 45.4 Å². The Bertz CT molecular complexity index is 932. The Morgan fingerprint density at radius 2 is 1.81 bits per heavy atom. The average Bonchev–Trinajstić information content (AvgIpc) is 2.76. The lowest BCUT2D eigenvalue weighted by Crippen LogP contribution is -2.41. The van der Waals surface area contributed by atoms with E-state index in [1.165, 1.54) is 0 Å². The Morgan fingerprint density at radius 1 is 1.13 bits per heavy atom. The van der Waals surface area contributed by atoms with Gasteiger partial charge in [0.1, 0.15) is 0 Å². The number of anilines is 1. The second-order valence-electron chi connectivity index (χ2n) is 7.21. The minimum absolute atomic E-state index is 0.139. The molecule has 166 valence electrons. The van der Waals surface area contributed by atoms with Crippen LogP contribution in [0.4, 0.5) is 5.69 Å². The van der Waals surface area contributed by atoms with Crippen molar-refractivity contribution in [2.75, 3.05) is 39.2 Å². The molecule has 1 heterocycles. The van der Waals surface area contributed by atoms with Crippen LogP contribution in [0.2, 0.25) is 5.02 Å². The predicted octanol–water partition coefficient (Wildman–Crippen LogP) is 3.85. The molecule has 0 spiro atoms. The molecule has 8 heteroatoms. The van der Waals surface area contributed by atoms with E-state index >= 15 is 0 Å². The summed E-state index contributed by atoms with van der Waals surface area (Å²) in [5.41, 5.74) is 2.68. The summed E-state index contributed by atoms with van der Waals surface area (Å²) in [5, 5.41) is 3.48. The van der Waals surface area contributed by atoms with Crippen LogP contribution in [0.5, 0.6) is 11.5 Å². The average molecular weight is 447 g/mol. The molecule has 0 aromatic heterocycles. The molecule has 31 heavy (non-hydrogen) atoms. The molecule has 1 amide bonds. The summed E-state index contributed by atoms with van der Waals surface area (Å²) in [7, 11) is 3.17. The Morgan fingerprint density at radius 3 is 2.45 bits per heavy atom. The Kier molecular flexibility index (Phi) is 7.76. The molecule has 0 unspecified atom stereocenters. The standard InChI is InChI=1S/C23H27ClN2O5/c1-4-31-23(28)13-19-18-12-21(30-3)20(29-2)11-15(18)9-10-26(19)14-22(27)25-17-7-5-16(24)6-8-17/h5-8,11-12,19H,4,9-10,13-14H2,1-3H3,(H,25,27)/t19-/m1/s1. The van der Waals surface area contributed by atoms with Gasteiger partial charge in [-0.25, -0.2) is 0 Å². The number of fused-ring (bicyclic) bond motifs is 1. The molecule has 1 atom stereocenters. The minimum atomic E-state index is -0.307. The molecule has 1 aliphatic heterocycles. The van der Waals surface area contributed by atoms with E-state index < -0.39 is 0 Å². The molecule has 0 fully saturated rings. The quantitative estimate of drug-likeness (QED) is 0.621. The van der Waals surface area contributed by atoms with Gasteiger partial charge < -0.3 is 19.5 Å². The van der Waals surface area contributed by atoms with E-state index in [0.29, 0.717) is 35.4 Å². The van der Waals surface area contributed by atoms with Crippen LogP contribution in [-0.4, -0.2) is 50.7 Å². The lowest BCUT2D eigenvalue weighted by atomic mass is 9.90. The number of halogens is 1. The van der Waals surface area contributed by atoms with Gasteiger partial charge in [-0.2, -0.15) is 0 Å². The number of esters is 1. The Balaban J connectivity index is 1.84. The van der Waals surface area contributed by atoms with Gasteiger partial charge in [0.2, 0.25) is 5.91 Å². The summed E-state index contributed by atoms with van der Waals surface area (Å²) in [6.45, 7) is 2.85. The third-order valence-corrected chi connectivity index (χ3v) is 5.51. The summed E-state index contributed by atoms with van der Waals surface area (Å²) in [6, 6.07) is 10.5. The first kappa shape index (κ1) is 22.9. The summed E-state index contributed by atoms with van der Waals surface area (Å²) in [4.78, 5) is 27.0. The van der Waals surface area contributed by atoms with Gasteiger partial charge in [0.25, 0.3) is 0 Å². The molecule has 0 saturated carbocycles. The van der Waals surface area contributed by atoms with Gasteiger partial charge in [-0.1, -0.05) is 11.6 Å². The second-order valence-corrected chi connectivity index (χ2v) is 7.64. The van der Waals surface area contributed by atoms with E-state index in [9.17, 15) is 9.59 Å². The topological polar surface area (TPSA) is 77.1 Å². The number of hydrogen-bond acceptors (Lipinski definition) is 6. The number of nitrogens with one attached hydrogen (secondary N) is 1. The Hall–Kier alpha value is -2.77. The third kappa shape index (κ3) is 5.68. The van der Waals surface area contributed by atoms with Crippen LogP contribution in [0.15, 0.2) is 36.4 Å². The molecule has 0 aliphatic carbocycles. The molecule has 0 bridgehead atoms. The smallest absolute Gasteiger partial charge is 0.307 e. The number of benzene rings is 2. The van der Waals surface area contributed by atoms with Crippen LogP contribution in [0.3, 0.4) is 0 Å². The second kappa shape index (κ2) is 10.5. The number of ether oxygens (including phenoxy) is 3. The maximum absolute atomic E-state index is 12.7. The first-order valence-electron chi connectivity index (χ1n) is 10.1. The highest BCUT2D eigenvalue weighted by molar-refractivity contribution is 6.30. The van der Waals surface area contributed by atoms with Crippen molar-refractivity contribution in [1.29, 1.82) is 0 Å². The number of carbonyl (C=O) groups excluding carboxylic acids is 2. The highest BCUT2D eigenvalue weighted by Crippen LogP contribution is 2.39. The van der Waals surface area contributed by atoms with E-state index in [4.69, 9.17) is 25.8 Å². The molecule has 7 nitrogen and oxygen atoms in total. The van der Waals surface area contributed by atoms with Crippen LogP contribution in [-0.2, 0) is 20.7 Å². The zero-order valence-electron chi connectivity index (χ0n) is 17.9. The van der Waals surface area contributed by atoms with Crippen molar-refractivity contribution in [2.24, 2.45) is 0 Å². The molecular formula is C23H27ClN2O5. The predicted molar refractivity (Wildman–Crippen MR) is 119 cm³/mol. The van der Waals surface area contributed by atoms with Crippen LogP contribution in [0, 0.1) is 0 Å². The summed E-state index contributed by atoms with van der Waals surface area (Å²) in [6.07, 6.45) is 0.869. The Labute approximate surface area is 187 Å². The number of carbonyl (C=O) groups is 2. The van der Waals surface area contributed by atoms with Gasteiger partial charge in [-0.15, -0.1) is 0 Å². The zero-order chi connectivity index (χ0) is 22.4. The molecule has 0 saturated heterocycles. The first-order valence-corrected chi connectivity index (χ1v) is 10.5. The lowest BCUT2D eigenvalue weighted by Gasteiger charge is -2.37. The number of methoxy groups -OCH3 is 2. The maximum Gasteiger partial charge on any atom is 0.307 e. The molecule has 1 N–H and O–H groups in total.